The van der Waals surface area contributed by atoms with Gasteiger partial charge < -0.3 is 14.7 Å². The molecule has 4 rings (SSSR count). The van der Waals surface area contributed by atoms with E-state index in [9.17, 15) is 4.79 Å². The van der Waals surface area contributed by atoms with Gasteiger partial charge in [-0.25, -0.2) is 10.4 Å². The Labute approximate surface area is 142 Å². The number of nitrogens with one attached hydrogen (secondary N) is 3. The van der Waals surface area contributed by atoms with Crippen LogP contribution in [0.3, 0.4) is 0 Å². The van der Waals surface area contributed by atoms with E-state index < -0.39 is 0 Å². The number of ether oxygens (including phenoxy) is 1. The zero-order chi connectivity index (χ0) is 17.2. The fourth-order valence-corrected chi connectivity index (χ4v) is 2.59. The number of methoxy groups -OCH3 is 1. The Kier molecular flexibility index (Phi) is 3.66. The van der Waals surface area contributed by atoms with Crippen molar-refractivity contribution in [2.24, 2.45) is 5.10 Å². The molecule has 0 aliphatic heterocycles. The molecule has 4 aromatic rings. The van der Waals surface area contributed by atoms with Gasteiger partial charge in [-0.3, -0.25) is 4.79 Å². The van der Waals surface area contributed by atoms with E-state index >= 15 is 0 Å². The second-order valence-electron chi connectivity index (χ2n) is 5.48. The third-order valence-electron chi connectivity index (χ3n) is 3.85. The number of hydrogen-bond donors (Lipinski definition) is 3. The minimum atomic E-state index is -0.226. The Balaban J connectivity index is 1.60. The molecule has 124 valence electrons. The average molecular weight is 333 g/mol. The van der Waals surface area contributed by atoms with Gasteiger partial charge in [-0.2, -0.15) is 5.10 Å². The molecule has 25 heavy (non-hydrogen) atoms. The molecule has 0 aliphatic rings. The standard InChI is InChI=1S/C18H15N5O2/c1-25-13-7-6-11-8-12(17(24)20-16(11)9-13)10-19-23-18-21-14-4-2-3-5-15(14)22-18/h2-10H,1H3,(H,20,24)(H2,21,22,23)/b19-10-. The monoisotopic (exact) mass is 333 g/mol. The van der Waals surface area contributed by atoms with Gasteiger partial charge in [0.05, 0.1) is 35.4 Å². The molecule has 2 heterocycles. The Morgan fingerprint density at radius 3 is 2.84 bits per heavy atom. The number of imidazole rings is 1. The number of H-pyrrole nitrogens is 2. The lowest BCUT2D eigenvalue weighted by Gasteiger charge is -2.03. The van der Waals surface area contributed by atoms with Crippen LogP contribution in [0, 0.1) is 0 Å². The fourth-order valence-electron chi connectivity index (χ4n) is 2.59. The van der Waals surface area contributed by atoms with E-state index in [-0.39, 0.29) is 5.56 Å². The van der Waals surface area contributed by atoms with Crippen molar-refractivity contribution in [1.29, 1.82) is 0 Å². The number of benzene rings is 2. The summed E-state index contributed by atoms with van der Waals surface area (Å²) >= 11 is 0. The quantitative estimate of drug-likeness (QED) is 0.395. The van der Waals surface area contributed by atoms with Crippen molar-refractivity contribution >= 4 is 34.1 Å². The van der Waals surface area contributed by atoms with Crippen LogP contribution in [0.4, 0.5) is 5.95 Å². The van der Waals surface area contributed by atoms with Crippen molar-refractivity contribution in [3.05, 3.63) is 64.4 Å². The number of rotatable bonds is 4. The van der Waals surface area contributed by atoms with Crippen LogP contribution in [0.25, 0.3) is 21.9 Å². The normalized spacial score (nSPS) is 11.4. The van der Waals surface area contributed by atoms with Crippen LogP contribution in [0.1, 0.15) is 5.56 Å². The molecule has 7 heteroatoms. The van der Waals surface area contributed by atoms with Crippen molar-refractivity contribution in [2.45, 2.75) is 0 Å². The number of hydrogen-bond acceptors (Lipinski definition) is 5. The molecule has 2 aromatic carbocycles. The number of aromatic amines is 2. The Morgan fingerprint density at radius 2 is 2.00 bits per heavy atom. The SMILES string of the molecule is COc1ccc2cc(/C=N\Nc3nc4ccccc4[nH]3)c(=O)[nH]c2c1. The van der Waals surface area contributed by atoms with E-state index in [0.29, 0.717) is 22.8 Å². The lowest BCUT2D eigenvalue weighted by Crippen LogP contribution is -2.12. The first kappa shape index (κ1) is 14.9. The van der Waals surface area contributed by atoms with E-state index in [4.69, 9.17) is 4.74 Å². The Hall–Kier alpha value is -3.61. The van der Waals surface area contributed by atoms with Gasteiger partial charge in [-0.15, -0.1) is 0 Å². The molecule has 0 saturated carbocycles. The van der Waals surface area contributed by atoms with Crippen LogP contribution in [0.2, 0.25) is 0 Å². The average Bonchev–Trinajstić information content (AvgIpc) is 3.04. The molecule has 3 N–H and O–H groups in total. The van der Waals surface area contributed by atoms with Crippen molar-refractivity contribution < 1.29 is 4.74 Å². The maximum absolute atomic E-state index is 12.2. The van der Waals surface area contributed by atoms with Crippen LogP contribution in [-0.4, -0.2) is 28.3 Å². The van der Waals surface area contributed by atoms with E-state index in [1.807, 2.05) is 36.4 Å². The van der Waals surface area contributed by atoms with E-state index in [0.717, 1.165) is 16.4 Å². The summed E-state index contributed by atoms with van der Waals surface area (Å²) in [6.45, 7) is 0. The van der Waals surface area contributed by atoms with Crippen molar-refractivity contribution in [3.63, 3.8) is 0 Å². The molecule has 0 unspecified atom stereocenters. The number of anilines is 1. The van der Waals surface area contributed by atoms with Crippen molar-refractivity contribution in [2.75, 3.05) is 12.5 Å². The highest BCUT2D eigenvalue weighted by atomic mass is 16.5. The summed E-state index contributed by atoms with van der Waals surface area (Å²) in [4.78, 5) is 22.5. The van der Waals surface area contributed by atoms with Gasteiger partial charge in [-0.1, -0.05) is 12.1 Å². The first-order valence-electron chi connectivity index (χ1n) is 7.68. The summed E-state index contributed by atoms with van der Waals surface area (Å²) in [6, 6.07) is 15.0. The zero-order valence-electron chi connectivity index (χ0n) is 13.4. The molecule has 0 atom stereocenters. The fraction of sp³-hybridized carbons (Fsp3) is 0.0556. The van der Waals surface area contributed by atoms with Crippen LogP contribution >= 0.6 is 0 Å². The first-order valence-corrected chi connectivity index (χ1v) is 7.68. The topological polar surface area (TPSA) is 95.2 Å². The summed E-state index contributed by atoms with van der Waals surface area (Å²) in [7, 11) is 1.59. The first-order chi connectivity index (χ1) is 12.2. The number of pyridine rings is 1. The number of fused-ring (bicyclic) bond motifs is 2. The second-order valence-corrected chi connectivity index (χ2v) is 5.48. The van der Waals surface area contributed by atoms with Crippen LogP contribution in [0.5, 0.6) is 5.75 Å². The molecule has 0 radical (unpaired) electrons. The van der Waals surface area contributed by atoms with Gasteiger partial charge in [0.2, 0.25) is 5.95 Å². The summed E-state index contributed by atoms with van der Waals surface area (Å²) < 4.78 is 5.16. The Bertz CT molecular complexity index is 1110. The summed E-state index contributed by atoms with van der Waals surface area (Å²) in [5, 5.41) is 4.99. The third-order valence-corrected chi connectivity index (χ3v) is 3.85. The molecule has 0 saturated heterocycles. The van der Waals surface area contributed by atoms with Crippen molar-refractivity contribution in [1.82, 2.24) is 15.0 Å². The van der Waals surface area contributed by atoms with Crippen molar-refractivity contribution in [3.8, 4) is 5.75 Å². The maximum Gasteiger partial charge on any atom is 0.257 e. The van der Waals surface area contributed by atoms with Crippen LogP contribution < -0.4 is 15.7 Å². The highest BCUT2D eigenvalue weighted by molar-refractivity contribution is 5.88. The van der Waals surface area contributed by atoms with E-state index in [1.165, 1.54) is 6.21 Å². The van der Waals surface area contributed by atoms with E-state index in [1.54, 1.807) is 19.2 Å². The molecule has 0 bridgehead atoms. The minimum Gasteiger partial charge on any atom is -0.497 e. The van der Waals surface area contributed by atoms with Gasteiger partial charge in [-0.05, 0) is 35.7 Å². The predicted molar refractivity (Wildman–Crippen MR) is 98.4 cm³/mol. The molecule has 0 spiro atoms. The van der Waals surface area contributed by atoms with Gasteiger partial charge >= 0.3 is 0 Å². The highest BCUT2D eigenvalue weighted by Gasteiger charge is 2.03. The lowest BCUT2D eigenvalue weighted by atomic mass is 10.1. The molecule has 0 amide bonds. The van der Waals surface area contributed by atoms with Gasteiger partial charge in [0.15, 0.2) is 0 Å². The molecule has 0 fully saturated rings. The lowest BCUT2D eigenvalue weighted by molar-refractivity contribution is 0.415. The number of hydrazone groups is 1. The Morgan fingerprint density at radius 1 is 1.12 bits per heavy atom. The summed E-state index contributed by atoms with van der Waals surface area (Å²) in [6.07, 6.45) is 1.47. The highest BCUT2D eigenvalue weighted by Crippen LogP contribution is 2.18. The number of nitrogens with zero attached hydrogens (tertiary/aromatic N) is 2. The molecule has 7 nitrogen and oxygen atoms in total. The number of para-hydroxylation sites is 2. The summed E-state index contributed by atoms with van der Waals surface area (Å²) in [5.74, 6) is 1.20. The molecule has 0 aliphatic carbocycles. The van der Waals surface area contributed by atoms with E-state index in [2.05, 4.69) is 25.5 Å². The maximum atomic E-state index is 12.2. The van der Waals surface area contributed by atoms with Crippen LogP contribution in [-0.2, 0) is 0 Å². The predicted octanol–water partition coefficient (Wildman–Crippen LogP) is 2.86. The molecular formula is C18H15N5O2. The van der Waals surface area contributed by atoms with Gasteiger partial charge in [0.1, 0.15) is 5.75 Å². The van der Waals surface area contributed by atoms with Crippen LogP contribution in [0.15, 0.2) is 58.4 Å². The largest absolute Gasteiger partial charge is 0.497 e. The smallest absolute Gasteiger partial charge is 0.257 e. The second kappa shape index (κ2) is 6.12. The van der Waals surface area contributed by atoms with Gasteiger partial charge in [0, 0.05) is 6.07 Å². The van der Waals surface area contributed by atoms with Gasteiger partial charge in [0.25, 0.3) is 5.56 Å². The number of aromatic nitrogens is 3. The zero-order valence-corrected chi connectivity index (χ0v) is 13.4. The molecular weight excluding hydrogens is 318 g/mol. The minimum absolute atomic E-state index is 0.226. The third kappa shape index (κ3) is 2.94. The molecule has 2 aromatic heterocycles. The summed E-state index contributed by atoms with van der Waals surface area (Å²) in [5.41, 5.74) is 5.50.